The van der Waals surface area contributed by atoms with Gasteiger partial charge < -0.3 is 9.30 Å². The highest BCUT2D eigenvalue weighted by Crippen LogP contribution is 2.30. The Balaban J connectivity index is 1.69. The fourth-order valence-electron chi connectivity index (χ4n) is 3.87. The molecule has 0 radical (unpaired) electrons. The third kappa shape index (κ3) is 5.62. The molecule has 0 bridgehead atoms. The van der Waals surface area contributed by atoms with Crippen LogP contribution in [0.2, 0.25) is 10.0 Å². The van der Waals surface area contributed by atoms with E-state index in [0.29, 0.717) is 33.4 Å². The van der Waals surface area contributed by atoms with E-state index < -0.39 is 21.9 Å². The standard InChI is InChI=1S/C23H23Cl2N3O5S2/c1-2-33-20(29)14-28-21-18(25)12-16(24)13-19(21)34-23(28)26-22(30)15-6-8-17(9-7-15)35(31,32)27-10-4-3-5-11-27/h6-9,12-13H,2-5,10-11,14H2,1H3. The van der Waals surface area contributed by atoms with Gasteiger partial charge in [0.05, 0.1) is 26.7 Å². The molecule has 4 rings (SSSR count). The van der Waals surface area contributed by atoms with Gasteiger partial charge in [0, 0.05) is 23.7 Å². The highest BCUT2D eigenvalue weighted by atomic mass is 35.5. The molecule has 8 nitrogen and oxygen atoms in total. The van der Waals surface area contributed by atoms with Crippen LogP contribution in [0.1, 0.15) is 36.5 Å². The van der Waals surface area contributed by atoms with Crippen LogP contribution < -0.4 is 4.80 Å². The number of halogens is 2. The smallest absolute Gasteiger partial charge is 0.326 e. The highest BCUT2D eigenvalue weighted by molar-refractivity contribution is 7.89. The van der Waals surface area contributed by atoms with Crippen molar-refractivity contribution in [1.29, 1.82) is 0 Å². The summed E-state index contributed by atoms with van der Waals surface area (Å²) in [6.07, 6.45) is 2.70. The summed E-state index contributed by atoms with van der Waals surface area (Å²) < 4.78 is 34.4. The minimum absolute atomic E-state index is 0.136. The zero-order chi connectivity index (χ0) is 25.2. The molecule has 0 N–H and O–H groups in total. The first-order valence-corrected chi connectivity index (χ1v) is 14.0. The fraction of sp³-hybridized carbons (Fsp3) is 0.348. The average molecular weight is 556 g/mol. The lowest BCUT2D eigenvalue weighted by atomic mass is 10.2. The third-order valence-electron chi connectivity index (χ3n) is 5.54. The minimum atomic E-state index is -3.60. The molecule has 2 aromatic carbocycles. The Hall–Kier alpha value is -2.24. The number of hydrogen-bond donors (Lipinski definition) is 0. The van der Waals surface area contributed by atoms with E-state index in [-0.39, 0.29) is 28.4 Å². The Bertz CT molecular complexity index is 1440. The summed E-state index contributed by atoms with van der Waals surface area (Å²) in [6, 6.07) is 8.94. The summed E-state index contributed by atoms with van der Waals surface area (Å²) in [5.41, 5.74) is 0.732. The molecule has 1 saturated heterocycles. The van der Waals surface area contributed by atoms with Crippen LogP contribution >= 0.6 is 34.5 Å². The lowest BCUT2D eigenvalue weighted by molar-refractivity contribution is -0.143. The Morgan fingerprint density at radius 2 is 1.77 bits per heavy atom. The molecule has 0 aliphatic carbocycles. The van der Waals surface area contributed by atoms with Crippen molar-refractivity contribution in [2.45, 2.75) is 37.6 Å². The van der Waals surface area contributed by atoms with Gasteiger partial charge in [-0.15, -0.1) is 0 Å². The number of hydrogen-bond acceptors (Lipinski definition) is 6. The number of amides is 1. The van der Waals surface area contributed by atoms with Gasteiger partial charge in [0.15, 0.2) is 4.80 Å². The van der Waals surface area contributed by atoms with Crippen LogP contribution in [0.5, 0.6) is 0 Å². The van der Waals surface area contributed by atoms with Crippen molar-refractivity contribution in [3.63, 3.8) is 0 Å². The molecule has 1 aliphatic heterocycles. The molecule has 35 heavy (non-hydrogen) atoms. The van der Waals surface area contributed by atoms with Crippen LogP contribution in [0.15, 0.2) is 46.3 Å². The van der Waals surface area contributed by atoms with Crippen molar-refractivity contribution in [2.75, 3.05) is 19.7 Å². The number of piperidine rings is 1. The Labute approximate surface area is 216 Å². The number of nitrogens with zero attached hydrogens (tertiary/aromatic N) is 3. The van der Waals surface area contributed by atoms with E-state index in [2.05, 4.69) is 4.99 Å². The van der Waals surface area contributed by atoms with Crippen LogP contribution in [0.4, 0.5) is 0 Å². The predicted octanol–water partition coefficient (Wildman–Crippen LogP) is 4.49. The quantitative estimate of drug-likeness (QED) is 0.417. The van der Waals surface area contributed by atoms with E-state index in [0.717, 1.165) is 30.6 Å². The van der Waals surface area contributed by atoms with Gasteiger partial charge in [-0.25, -0.2) is 8.42 Å². The van der Waals surface area contributed by atoms with Gasteiger partial charge in [-0.1, -0.05) is 41.0 Å². The first-order valence-electron chi connectivity index (χ1n) is 11.0. The van der Waals surface area contributed by atoms with Crippen LogP contribution in [0.3, 0.4) is 0 Å². The number of aromatic nitrogens is 1. The fourth-order valence-corrected chi connectivity index (χ4v) is 7.20. The molecule has 2 heterocycles. The lowest BCUT2D eigenvalue weighted by Crippen LogP contribution is -2.35. The molecule has 0 unspecified atom stereocenters. The van der Waals surface area contributed by atoms with E-state index in [1.54, 1.807) is 19.1 Å². The molecule has 1 aromatic heterocycles. The Kier molecular flexibility index (Phi) is 7.97. The second kappa shape index (κ2) is 10.8. The van der Waals surface area contributed by atoms with Crippen molar-refractivity contribution in [3.8, 4) is 0 Å². The molecular weight excluding hydrogens is 533 g/mol. The van der Waals surface area contributed by atoms with Gasteiger partial charge >= 0.3 is 5.97 Å². The Morgan fingerprint density at radius 3 is 2.43 bits per heavy atom. The molecular formula is C23H23Cl2N3O5S2. The summed E-state index contributed by atoms with van der Waals surface area (Å²) in [7, 11) is -3.60. The van der Waals surface area contributed by atoms with Crippen molar-refractivity contribution in [1.82, 2.24) is 8.87 Å². The number of carbonyl (C=O) groups is 2. The molecule has 12 heteroatoms. The number of fused-ring (bicyclic) bond motifs is 1. The van der Waals surface area contributed by atoms with Crippen molar-refractivity contribution in [2.24, 2.45) is 4.99 Å². The summed E-state index contributed by atoms with van der Waals surface area (Å²) in [6.45, 7) is 2.72. The van der Waals surface area contributed by atoms with Crippen molar-refractivity contribution >= 4 is 66.7 Å². The monoisotopic (exact) mass is 555 g/mol. The lowest BCUT2D eigenvalue weighted by Gasteiger charge is -2.25. The summed E-state index contributed by atoms with van der Waals surface area (Å²) in [4.78, 5) is 29.8. The predicted molar refractivity (Wildman–Crippen MR) is 135 cm³/mol. The maximum absolute atomic E-state index is 13.0. The molecule has 3 aromatic rings. The number of benzene rings is 2. The number of sulfonamides is 1. The normalized spacial score (nSPS) is 15.5. The van der Waals surface area contributed by atoms with Crippen LogP contribution in [0.25, 0.3) is 10.2 Å². The van der Waals surface area contributed by atoms with E-state index in [9.17, 15) is 18.0 Å². The molecule has 0 saturated carbocycles. The number of carbonyl (C=O) groups excluding carboxylic acids is 2. The molecule has 186 valence electrons. The topological polar surface area (TPSA) is 98.0 Å². The van der Waals surface area contributed by atoms with Crippen LogP contribution in [-0.4, -0.2) is 48.9 Å². The number of rotatable bonds is 6. The number of thiazole rings is 1. The van der Waals surface area contributed by atoms with Gasteiger partial charge in [-0.3, -0.25) is 9.59 Å². The SMILES string of the molecule is CCOC(=O)Cn1c(=NC(=O)c2ccc(S(=O)(=O)N3CCCCC3)cc2)sc2cc(Cl)cc(Cl)c21. The van der Waals surface area contributed by atoms with Gasteiger partial charge in [-0.2, -0.15) is 9.30 Å². The van der Waals surface area contributed by atoms with Crippen LogP contribution in [0, 0.1) is 0 Å². The van der Waals surface area contributed by atoms with E-state index >= 15 is 0 Å². The van der Waals surface area contributed by atoms with E-state index in [4.69, 9.17) is 27.9 Å². The second-order valence-corrected chi connectivity index (χ2v) is 11.7. The minimum Gasteiger partial charge on any atom is -0.465 e. The molecule has 1 fully saturated rings. The zero-order valence-electron chi connectivity index (χ0n) is 18.9. The third-order valence-corrected chi connectivity index (χ3v) is 8.98. The first-order chi connectivity index (χ1) is 16.7. The zero-order valence-corrected chi connectivity index (χ0v) is 22.0. The van der Waals surface area contributed by atoms with Gasteiger partial charge in [0.2, 0.25) is 10.0 Å². The van der Waals surface area contributed by atoms with E-state index in [1.807, 2.05) is 0 Å². The molecule has 0 atom stereocenters. The Morgan fingerprint density at radius 1 is 1.09 bits per heavy atom. The summed E-state index contributed by atoms with van der Waals surface area (Å²) in [5, 5.41) is 0.727. The average Bonchev–Trinajstić information content (AvgIpc) is 3.16. The number of ether oxygens (including phenoxy) is 1. The van der Waals surface area contributed by atoms with Crippen molar-refractivity contribution < 1.29 is 22.7 Å². The van der Waals surface area contributed by atoms with Crippen molar-refractivity contribution in [3.05, 3.63) is 56.8 Å². The highest BCUT2D eigenvalue weighted by Gasteiger charge is 2.26. The molecule has 1 amide bonds. The maximum Gasteiger partial charge on any atom is 0.326 e. The largest absolute Gasteiger partial charge is 0.465 e. The summed E-state index contributed by atoms with van der Waals surface area (Å²) in [5.74, 6) is -1.09. The second-order valence-electron chi connectivity index (χ2n) is 7.92. The van der Waals surface area contributed by atoms with Gasteiger partial charge in [0.25, 0.3) is 5.91 Å². The maximum atomic E-state index is 13.0. The van der Waals surface area contributed by atoms with Crippen LogP contribution in [-0.2, 0) is 26.1 Å². The molecule has 1 aliphatic rings. The van der Waals surface area contributed by atoms with Gasteiger partial charge in [-0.05, 0) is 56.2 Å². The molecule has 0 spiro atoms. The summed E-state index contributed by atoms with van der Waals surface area (Å²) >= 11 is 13.7. The van der Waals surface area contributed by atoms with E-state index in [1.165, 1.54) is 33.1 Å². The van der Waals surface area contributed by atoms with Gasteiger partial charge in [0.1, 0.15) is 6.54 Å². The number of esters is 1. The first kappa shape index (κ1) is 25.8.